The molecule has 0 aliphatic heterocycles. The quantitative estimate of drug-likeness (QED) is 0.567. The smallest absolute Gasteiger partial charge is 0.0178 e. The summed E-state index contributed by atoms with van der Waals surface area (Å²) in [6.07, 6.45) is 15.6. The molecule has 104 valence electrons. The standard InChI is InChI=1S/C17H31P/c1-13-7-5-11-16(13)18(15-9-3-4-10-15)17-12-6-8-14(17)2/h13-17H,3-12H2,1-2H3/t13-,14?,16?,17?,18?/m1/s1. The van der Waals surface area contributed by atoms with Crippen LogP contribution in [0.4, 0.5) is 0 Å². The fraction of sp³-hybridized carbons (Fsp3) is 1.00. The van der Waals surface area contributed by atoms with Crippen LogP contribution < -0.4 is 0 Å². The monoisotopic (exact) mass is 266 g/mol. The molecule has 0 radical (unpaired) electrons. The van der Waals surface area contributed by atoms with Gasteiger partial charge in [-0.25, -0.2) is 0 Å². The van der Waals surface area contributed by atoms with Gasteiger partial charge in [0.2, 0.25) is 0 Å². The fourth-order valence-electron chi connectivity index (χ4n) is 5.13. The van der Waals surface area contributed by atoms with Gasteiger partial charge in [-0.05, 0) is 54.5 Å². The highest BCUT2D eigenvalue weighted by Crippen LogP contribution is 2.65. The van der Waals surface area contributed by atoms with Crippen molar-refractivity contribution in [3.05, 3.63) is 0 Å². The van der Waals surface area contributed by atoms with Gasteiger partial charge in [0.15, 0.2) is 0 Å². The normalized spacial score (nSPS) is 43.7. The third-order valence-corrected chi connectivity index (χ3v) is 10.6. The second-order valence-corrected chi connectivity index (χ2v) is 10.3. The lowest BCUT2D eigenvalue weighted by Crippen LogP contribution is -2.25. The Kier molecular flexibility index (Phi) is 4.34. The zero-order valence-electron chi connectivity index (χ0n) is 12.4. The molecule has 4 unspecified atom stereocenters. The molecule has 18 heavy (non-hydrogen) atoms. The van der Waals surface area contributed by atoms with Gasteiger partial charge in [0.1, 0.15) is 0 Å². The summed E-state index contributed by atoms with van der Waals surface area (Å²) in [6.45, 7) is 5.14. The molecular formula is C17H31P. The van der Waals surface area contributed by atoms with E-state index in [0.717, 1.165) is 23.2 Å². The molecule has 3 rings (SSSR count). The minimum Gasteiger partial charge on any atom is -0.0966 e. The second kappa shape index (κ2) is 5.82. The predicted molar refractivity (Wildman–Crippen MR) is 82.8 cm³/mol. The summed E-state index contributed by atoms with van der Waals surface area (Å²) < 4.78 is 0. The highest BCUT2D eigenvalue weighted by molar-refractivity contribution is 7.60. The van der Waals surface area contributed by atoms with E-state index in [-0.39, 0.29) is 0 Å². The largest absolute Gasteiger partial charge is 0.0966 e. The summed E-state index contributed by atoms with van der Waals surface area (Å²) in [7, 11) is 0.357. The average molecular weight is 266 g/mol. The molecule has 0 aromatic rings. The van der Waals surface area contributed by atoms with Gasteiger partial charge in [-0.1, -0.05) is 60.3 Å². The van der Waals surface area contributed by atoms with Crippen LogP contribution in [0, 0.1) is 11.8 Å². The first-order valence-corrected chi connectivity index (χ1v) is 10.1. The summed E-state index contributed by atoms with van der Waals surface area (Å²) in [5.41, 5.74) is 3.50. The van der Waals surface area contributed by atoms with Gasteiger partial charge in [-0.3, -0.25) is 0 Å². The van der Waals surface area contributed by atoms with Crippen molar-refractivity contribution in [3.63, 3.8) is 0 Å². The number of rotatable bonds is 3. The lowest BCUT2D eigenvalue weighted by atomic mass is 10.1. The number of hydrogen-bond acceptors (Lipinski definition) is 0. The molecule has 0 saturated heterocycles. The molecule has 3 saturated carbocycles. The summed E-state index contributed by atoms with van der Waals surface area (Å²) in [6, 6.07) is 0. The molecule has 5 atom stereocenters. The van der Waals surface area contributed by atoms with E-state index in [0.29, 0.717) is 7.92 Å². The van der Waals surface area contributed by atoms with Crippen molar-refractivity contribution in [3.8, 4) is 0 Å². The second-order valence-electron chi connectivity index (χ2n) is 7.34. The van der Waals surface area contributed by atoms with Crippen molar-refractivity contribution >= 4 is 7.92 Å². The van der Waals surface area contributed by atoms with Gasteiger partial charge in [-0.15, -0.1) is 0 Å². The van der Waals surface area contributed by atoms with E-state index in [2.05, 4.69) is 13.8 Å². The van der Waals surface area contributed by atoms with Crippen LogP contribution in [0.25, 0.3) is 0 Å². The van der Waals surface area contributed by atoms with E-state index < -0.39 is 0 Å². The summed E-state index contributed by atoms with van der Waals surface area (Å²) in [4.78, 5) is 0. The maximum atomic E-state index is 2.57. The van der Waals surface area contributed by atoms with Gasteiger partial charge in [-0.2, -0.15) is 0 Å². The molecule has 3 aliphatic carbocycles. The van der Waals surface area contributed by atoms with Crippen molar-refractivity contribution in [2.24, 2.45) is 11.8 Å². The Hall–Kier alpha value is 0.430. The molecule has 3 fully saturated rings. The topological polar surface area (TPSA) is 0 Å². The molecule has 0 spiro atoms. The van der Waals surface area contributed by atoms with Crippen LogP contribution in [0.1, 0.15) is 78.1 Å². The Morgan fingerprint density at radius 1 is 0.611 bits per heavy atom. The zero-order chi connectivity index (χ0) is 12.5. The molecule has 0 bridgehead atoms. The molecule has 1 heteroatoms. The summed E-state index contributed by atoms with van der Waals surface area (Å²) in [5, 5.41) is 0. The van der Waals surface area contributed by atoms with Crippen LogP contribution in [0.2, 0.25) is 0 Å². The molecule has 0 amide bonds. The van der Waals surface area contributed by atoms with E-state index in [9.17, 15) is 0 Å². The van der Waals surface area contributed by atoms with E-state index in [1.165, 1.54) is 18.5 Å². The molecular weight excluding hydrogens is 235 g/mol. The molecule has 3 aliphatic rings. The van der Waals surface area contributed by atoms with Gasteiger partial charge in [0, 0.05) is 0 Å². The van der Waals surface area contributed by atoms with E-state index in [1.54, 1.807) is 51.4 Å². The zero-order valence-corrected chi connectivity index (χ0v) is 13.3. The third-order valence-electron chi connectivity index (χ3n) is 6.14. The van der Waals surface area contributed by atoms with Gasteiger partial charge < -0.3 is 0 Å². The van der Waals surface area contributed by atoms with Crippen LogP contribution in [-0.2, 0) is 0 Å². The number of hydrogen-bond donors (Lipinski definition) is 0. The first-order chi connectivity index (χ1) is 8.77. The molecule has 0 nitrogen and oxygen atoms in total. The first kappa shape index (κ1) is 13.4. The van der Waals surface area contributed by atoms with Crippen molar-refractivity contribution in [1.29, 1.82) is 0 Å². The van der Waals surface area contributed by atoms with Crippen molar-refractivity contribution in [2.75, 3.05) is 0 Å². The van der Waals surface area contributed by atoms with Gasteiger partial charge in [0.25, 0.3) is 0 Å². The summed E-state index contributed by atoms with van der Waals surface area (Å²) in [5.74, 6) is 2.12. The minimum absolute atomic E-state index is 0.357. The minimum atomic E-state index is 0.357. The Morgan fingerprint density at radius 2 is 1.11 bits per heavy atom. The highest BCUT2D eigenvalue weighted by Gasteiger charge is 2.43. The maximum Gasteiger partial charge on any atom is -0.0178 e. The maximum absolute atomic E-state index is 2.57. The Balaban J connectivity index is 1.78. The van der Waals surface area contributed by atoms with E-state index >= 15 is 0 Å². The fourth-order valence-corrected chi connectivity index (χ4v) is 10.1. The van der Waals surface area contributed by atoms with E-state index in [1.807, 2.05) is 0 Å². The van der Waals surface area contributed by atoms with Crippen LogP contribution in [0.5, 0.6) is 0 Å². The van der Waals surface area contributed by atoms with Gasteiger partial charge >= 0.3 is 0 Å². The lowest BCUT2D eigenvalue weighted by molar-refractivity contribution is 0.579. The average Bonchev–Trinajstić information content (AvgIpc) is 3.05. The summed E-state index contributed by atoms with van der Waals surface area (Å²) >= 11 is 0. The van der Waals surface area contributed by atoms with Crippen molar-refractivity contribution in [2.45, 2.75) is 95.0 Å². The van der Waals surface area contributed by atoms with Crippen LogP contribution in [0.15, 0.2) is 0 Å². The van der Waals surface area contributed by atoms with Crippen LogP contribution in [-0.4, -0.2) is 17.0 Å². The molecule has 0 aromatic carbocycles. The lowest BCUT2D eigenvalue weighted by Gasteiger charge is -2.39. The molecule has 0 heterocycles. The van der Waals surface area contributed by atoms with Gasteiger partial charge in [0.05, 0.1) is 0 Å². The third kappa shape index (κ3) is 2.52. The molecule has 0 N–H and O–H groups in total. The van der Waals surface area contributed by atoms with Crippen LogP contribution in [0.3, 0.4) is 0 Å². The van der Waals surface area contributed by atoms with E-state index in [4.69, 9.17) is 0 Å². The Morgan fingerprint density at radius 3 is 1.50 bits per heavy atom. The first-order valence-electron chi connectivity index (χ1n) is 8.55. The Bertz CT molecular complexity index is 249. The molecule has 0 aromatic heterocycles. The Labute approximate surface area is 115 Å². The predicted octanol–water partition coefficient (Wildman–Crippen LogP) is 5.79. The van der Waals surface area contributed by atoms with Crippen molar-refractivity contribution in [1.82, 2.24) is 0 Å². The van der Waals surface area contributed by atoms with Crippen molar-refractivity contribution < 1.29 is 0 Å². The SMILES string of the molecule is CC1CCCC1P(C1CCCC1)C1CCC[C@H]1C. The highest BCUT2D eigenvalue weighted by atomic mass is 31.1. The van der Waals surface area contributed by atoms with Crippen LogP contribution >= 0.6 is 7.92 Å².